The van der Waals surface area contributed by atoms with Crippen molar-refractivity contribution in [3.05, 3.63) is 71.3 Å². The number of hydrogen-bond donors (Lipinski definition) is 2. The van der Waals surface area contributed by atoms with Gasteiger partial charge < -0.3 is 15.5 Å². The van der Waals surface area contributed by atoms with Crippen LogP contribution in [0.3, 0.4) is 0 Å². The van der Waals surface area contributed by atoms with Crippen molar-refractivity contribution in [3.63, 3.8) is 0 Å². The third-order valence-corrected chi connectivity index (χ3v) is 8.52. The number of urea groups is 1. The normalized spacial score (nSPS) is 23.6. The summed E-state index contributed by atoms with van der Waals surface area (Å²) in [4.78, 5) is 27.3. The molecule has 2 amide bonds. The monoisotopic (exact) mass is 465 g/mol. The summed E-state index contributed by atoms with van der Waals surface area (Å²) in [5.41, 5.74) is 5.14. The number of ketones is 1. The van der Waals surface area contributed by atoms with Gasteiger partial charge in [-0.15, -0.1) is 0 Å². The Kier molecular flexibility index (Phi) is 5.80. The topological polar surface area (TPSA) is 95.6 Å². The largest absolute Gasteiger partial charge is 0.322 e. The van der Waals surface area contributed by atoms with Gasteiger partial charge in [0.15, 0.2) is 15.6 Å². The first-order chi connectivity index (χ1) is 15.9. The maximum absolute atomic E-state index is 12.8. The van der Waals surface area contributed by atoms with Crippen LogP contribution in [0, 0.1) is 5.92 Å². The summed E-state index contributed by atoms with van der Waals surface area (Å²) in [7, 11) is -3.08. The molecule has 2 unspecified atom stereocenters. The van der Waals surface area contributed by atoms with Gasteiger partial charge in [0.05, 0.1) is 17.5 Å². The lowest BCUT2D eigenvalue weighted by Gasteiger charge is -2.25. The highest BCUT2D eigenvalue weighted by molar-refractivity contribution is 7.91. The number of benzene rings is 2. The van der Waals surface area contributed by atoms with Crippen molar-refractivity contribution in [3.8, 4) is 0 Å². The number of fused-ring (bicyclic) bond motifs is 1. The maximum atomic E-state index is 12.8. The first-order valence-corrected chi connectivity index (χ1v) is 13.1. The van der Waals surface area contributed by atoms with Crippen molar-refractivity contribution in [1.29, 1.82) is 0 Å². The molecule has 0 saturated carbocycles. The summed E-state index contributed by atoms with van der Waals surface area (Å²) >= 11 is 0. The van der Waals surface area contributed by atoms with E-state index in [9.17, 15) is 18.0 Å². The van der Waals surface area contributed by atoms with Gasteiger partial charge in [-0.1, -0.05) is 42.5 Å². The molecule has 5 rings (SSSR count). The Balaban J connectivity index is 1.19. The Morgan fingerprint density at radius 1 is 1.00 bits per heavy atom. The molecule has 1 fully saturated rings. The van der Waals surface area contributed by atoms with Crippen LogP contribution >= 0.6 is 0 Å². The number of anilines is 1. The number of nitrogens with zero attached hydrogens (tertiary/aromatic N) is 1. The zero-order valence-corrected chi connectivity index (χ0v) is 19.1. The molecule has 7 nitrogen and oxygen atoms in total. The van der Waals surface area contributed by atoms with E-state index >= 15 is 0 Å². The molecule has 172 valence electrons. The standard InChI is InChI=1S/C25H27N3O4S/c29-24(21-10-12-33(31,32)16-21)23-13-18(9-11-26-23)17-5-7-22(8-6-17)27-25(30)28-14-19-3-1-2-4-20(19)15-28/h1-9,21,23,26H,10-16H2,(H,27,30). The fraction of sp³-hybridized carbons (Fsp3) is 0.360. The first kappa shape index (κ1) is 21.9. The molecular weight excluding hydrogens is 438 g/mol. The van der Waals surface area contributed by atoms with Gasteiger partial charge in [-0.2, -0.15) is 0 Å². The summed E-state index contributed by atoms with van der Waals surface area (Å²) in [5.74, 6) is -0.326. The fourth-order valence-corrected chi connectivity index (χ4v) is 6.64. The van der Waals surface area contributed by atoms with Crippen molar-refractivity contribution in [2.45, 2.75) is 32.0 Å². The average Bonchev–Trinajstić information content (AvgIpc) is 3.42. The average molecular weight is 466 g/mol. The molecule has 0 aromatic heterocycles. The third-order valence-electron chi connectivity index (χ3n) is 6.75. The molecule has 2 N–H and O–H groups in total. The Morgan fingerprint density at radius 2 is 1.70 bits per heavy atom. The highest BCUT2D eigenvalue weighted by atomic mass is 32.2. The fourth-order valence-electron chi connectivity index (χ4n) is 4.89. The van der Waals surface area contributed by atoms with Gasteiger partial charge >= 0.3 is 6.03 Å². The number of sulfone groups is 1. The molecule has 3 heterocycles. The minimum Gasteiger partial charge on any atom is -0.316 e. The Labute approximate surface area is 193 Å². The van der Waals surface area contributed by atoms with Crippen LogP contribution in [0.5, 0.6) is 0 Å². The summed E-state index contributed by atoms with van der Waals surface area (Å²) in [6.45, 7) is 1.79. The summed E-state index contributed by atoms with van der Waals surface area (Å²) in [6, 6.07) is 15.2. The summed E-state index contributed by atoms with van der Waals surface area (Å²) < 4.78 is 23.5. The van der Waals surface area contributed by atoms with E-state index in [2.05, 4.69) is 16.7 Å². The van der Waals surface area contributed by atoms with Crippen molar-refractivity contribution in [1.82, 2.24) is 10.2 Å². The van der Waals surface area contributed by atoms with Gasteiger partial charge in [0.1, 0.15) is 0 Å². The second-order valence-corrected chi connectivity index (χ2v) is 11.3. The van der Waals surface area contributed by atoms with Crippen molar-refractivity contribution >= 4 is 32.9 Å². The number of carbonyl (C=O) groups is 2. The van der Waals surface area contributed by atoms with Crippen LogP contribution in [0.4, 0.5) is 10.5 Å². The van der Waals surface area contributed by atoms with Crippen molar-refractivity contribution < 1.29 is 18.0 Å². The summed E-state index contributed by atoms with van der Waals surface area (Å²) in [6.07, 6.45) is 3.02. The van der Waals surface area contributed by atoms with Gasteiger partial charge in [0.2, 0.25) is 0 Å². The lowest BCUT2D eigenvalue weighted by Crippen LogP contribution is -2.43. The zero-order chi connectivity index (χ0) is 23.0. The van der Waals surface area contributed by atoms with E-state index in [1.165, 1.54) is 11.1 Å². The lowest BCUT2D eigenvalue weighted by molar-refractivity contribution is -0.124. The zero-order valence-electron chi connectivity index (χ0n) is 18.3. The molecule has 2 aromatic rings. The molecule has 3 aliphatic rings. The van der Waals surface area contributed by atoms with E-state index in [0.29, 0.717) is 32.5 Å². The van der Waals surface area contributed by atoms with Crippen LogP contribution < -0.4 is 10.6 Å². The smallest absolute Gasteiger partial charge is 0.316 e. The molecule has 2 atom stereocenters. The van der Waals surface area contributed by atoms with Crippen LogP contribution in [0.25, 0.3) is 5.57 Å². The number of rotatable bonds is 4. The molecule has 0 aliphatic carbocycles. The van der Waals surface area contributed by atoms with Crippen molar-refractivity contribution in [2.24, 2.45) is 5.92 Å². The van der Waals surface area contributed by atoms with Crippen LogP contribution in [0.2, 0.25) is 0 Å². The first-order valence-electron chi connectivity index (χ1n) is 11.3. The molecule has 1 saturated heterocycles. The molecule has 3 aliphatic heterocycles. The quantitative estimate of drug-likeness (QED) is 0.724. The van der Waals surface area contributed by atoms with Crippen LogP contribution in [0.15, 0.2) is 54.6 Å². The van der Waals surface area contributed by atoms with E-state index < -0.39 is 15.8 Å². The molecule has 2 aromatic carbocycles. The number of nitrogens with one attached hydrogen (secondary N) is 2. The van der Waals surface area contributed by atoms with E-state index in [-0.39, 0.29) is 29.4 Å². The predicted molar refractivity (Wildman–Crippen MR) is 127 cm³/mol. The van der Waals surface area contributed by atoms with Gasteiger partial charge in [0, 0.05) is 31.2 Å². The summed E-state index contributed by atoms with van der Waals surface area (Å²) in [5, 5.41) is 6.18. The van der Waals surface area contributed by atoms with Crippen molar-refractivity contribution in [2.75, 3.05) is 23.4 Å². The van der Waals surface area contributed by atoms with Crippen LogP contribution in [-0.2, 0) is 27.7 Å². The molecule has 8 heteroatoms. The van der Waals surface area contributed by atoms with E-state index in [0.717, 1.165) is 16.8 Å². The SMILES string of the molecule is O=C(C1CCS(=O)(=O)C1)C1CC(c2ccc(NC(=O)N3Cc4ccccc4C3)cc2)=CCN1. The van der Waals surface area contributed by atoms with E-state index in [1.54, 1.807) is 4.90 Å². The second kappa shape index (κ2) is 8.76. The number of hydrogen-bond acceptors (Lipinski definition) is 5. The molecule has 0 radical (unpaired) electrons. The highest BCUT2D eigenvalue weighted by Gasteiger charge is 2.37. The highest BCUT2D eigenvalue weighted by Crippen LogP contribution is 2.28. The lowest BCUT2D eigenvalue weighted by atomic mass is 9.88. The number of carbonyl (C=O) groups excluding carboxylic acids is 2. The Bertz CT molecular complexity index is 1200. The minimum atomic E-state index is -3.08. The maximum Gasteiger partial charge on any atom is 0.322 e. The molecular formula is C25H27N3O4S. The van der Waals surface area contributed by atoms with E-state index in [4.69, 9.17) is 0 Å². The van der Waals surface area contributed by atoms with Crippen LogP contribution in [-0.4, -0.2) is 49.2 Å². The van der Waals surface area contributed by atoms with Gasteiger partial charge in [0.25, 0.3) is 0 Å². The minimum absolute atomic E-state index is 0.00262. The van der Waals surface area contributed by atoms with Crippen LogP contribution in [0.1, 0.15) is 29.5 Å². The molecule has 0 bridgehead atoms. The third kappa shape index (κ3) is 4.72. The van der Waals surface area contributed by atoms with Gasteiger partial charge in [-0.05, 0) is 47.2 Å². The Morgan fingerprint density at radius 3 is 2.33 bits per heavy atom. The Hall–Kier alpha value is -2.97. The second-order valence-electron chi connectivity index (χ2n) is 9.03. The number of Topliss-reactive ketones (excluding diaryl/α,β-unsaturated/α-hetero) is 1. The molecule has 33 heavy (non-hydrogen) atoms. The predicted octanol–water partition coefficient (Wildman–Crippen LogP) is 2.98. The molecule has 0 spiro atoms. The van der Waals surface area contributed by atoms with E-state index in [1.807, 2.05) is 48.5 Å². The van der Waals surface area contributed by atoms with Gasteiger partial charge in [-0.3, -0.25) is 4.79 Å². The van der Waals surface area contributed by atoms with Gasteiger partial charge in [-0.25, -0.2) is 13.2 Å². The number of amides is 2.